The molecule has 4 nitrogen and oxygen atoms in total. The quantitative estimate of drug-likeness (QED) is 0.427. The first-order valence-electron chi connectivity index (χ1n) is 11.5. The van der Waals surface area contributed by atoms with Crippen LogP contribution in [0.4, 0.5) is 0 Å². The van der Waals surface area contributed by atoms with Gasteiger partial charge in [-0.1, -0.05) is 44.2 Å². The van der Waals surface area contributed by atoms with Crippen LogP contribution >= 0.6 is 0 Å². The molecular formula is C28H35NO3. The second-order valence-electron chi connectivity index (χ2n) is 8.45. The normalized spacial score (nSPS) is 11.1. The van der Waals surface area contributed by atoms with Gasteiger partial charge < -0.3 is 14.6 Å². The molecule has 0 amide bonds. The van der Waals surface area contributed by atoms with E-state index in [9.17, 15) is 5.11 Å². The van der Waals surface area contributed by atoms with Gasteiger partial charge in [0.05, 0.1) is 24.0 Å². The fourth-order valence-corrected chi connectivity index (χ4v) is 3.98. The van der Waals surface area contributed by atoms with Gasteiger partial charge in [-0.3, -0.25) is 4.98 Å². The predicted octanol–water partition coefficient (Wildman–Crippen LogP) is 6.35. The molecule has 0 unspecified atom stereocenters. The van der Waals surface area contributed by atoms with Crippen LogP contribution < -0.4 is 9.47 Å². The number of rotatable bonds is 9. The third-order valence-corrected chi connectivity index (χ3v) is 5.67. The fraction of sp³-hybridized carbons (Fsp3) is 0.393. The predicted molar refractivity (Wildman–Crippen MR) is 130 cm³/mol. The molecule has 0 bridgehead atoms. The Labute approximate surface area is 192 Å². The largest absolute Gasteiger partial charge is 0.490 e. The summed E-state index contributed by atoms with van der Waals surface area (Å²) < 4.78 is 12.4. The summed E-state index contributed by atoms with van der Waals surface area (Å²) in [6.45, 7) is 12.7. The average molecular weight is 434 g/mol. The lowest BCUT2D eigenvalue weighted by Gasteiger charge is -2.20. The van der Waals surface area contributed by atoms with E-state index < -0.39 is 0 Å². The molecule has 0 radical (unpaired) electrons. The Morgan fingerprint density at radius 2 is 1.59 bits per heavy atom. The second kappa shape index (κ2) is 10.6. The Bertz CT molecular complexity index is 1050. The summed E-state index contributed by atoms with van der Waals surface area (Å²) in [5.74, 6) is 1.49. The first-order chi connectivity index (χ1) is 15.4. The number of aliphatic hydroxyl groups excluding tert-OH is 1. The number of pyridine rings is 1. The summed E-state index contributed by atoms with van der Waals surface area (Å²) in [5, 5.41) is 9.68. The van der Waals surface area contributed by atoms with Gasteiger partial charge in [-0.25, -0.2) is 0 Å². The number of ether oxygens (including phenoxy) is 2. The van der Waals surface area contributed by atoms with Crippen LogP contribution in [0, 0.1) is 13.8 Å². The van der Waals surface area contributed by atoms with Crippen molar-refractivity contribution in [2.75, 3.05) is 0 Å². The summed E-state index contributed by atoms with van der Waals surface area (Å²) in [4.78, 5) is 4.99. The van der Waals surface area contributed by atoms with Crippen molar-refractivity contribution in [3.8, 4) is 22.8 Å². The Balaban J connectivity index is 2.05. The van der Waals surface area contributed by atoms with E-state index in [1.54, 1.807) is 0 Å². The number of aliphatic hydroxyl groups is 1. The van der Waals surface area contributed by atoms with Crippen molar-refractivity contribution in [1.82, 2.24) is 4.98 Å². The van der Waals surface area contributed by atoms with Gasteiger partial charge >= 0.3 is 0 Å². The first kappa shape index (κ1) is 23.8. The zero-order valence-corrected chi connectivity index (χ0v) is 20.2. The Kier molecular flexibility index (Phi) is 7.92. The summed E-state index contributed by atoms with van der Waals surface area (Å²) >= 11 is 0. The minimum atomic E-state index is -0.0608. The van der Waals surface area contributed by atoms with E-state index in [1.165, 1.54) is 16.7 Å². The van der Waals surface area contributed by atoms with Crippen molar-refractivity contribution in [2.24, 2.45) is 0 Å². The maximum absolute atomic E-state index is 9.68. The van der Waals surface area contributed by atoms with Gasteiger partial charge in [-0.2, -0.15) is 0 Å². The summed E-state index contributed by atoms with van der Waals surface area (Å²) in [6.07, 6.45) is 1.93. The lowest BCUT2D eigenvalue weighted by molar-refractivity contribution is 0.226. The second-order valence-corrected chi connectivity index (χ2v) is 8.45. The number of hydrogen-bond acceptors (Lipinski definition) is 4. The van der Waals surface area contributed by atoms with Crippen LogP contribution in [0.15, 0.2) is 42.5 Å². The summed E-state index contributed by atoms with van der Waals surface area (Å²) in [6, 6.07) is 14.4. The van der Waals surface area contributed by atoms with Gasteiger partial charge in [0.15, 0.2) is 0 Å². The molecular weight excluding hydrogens is 398 g/mol. The fourth-order valence-electron chi connectivity index (χ4n) is 3.98. The van der Waals surface area contributed by atoms with Crippen molar-refractivity contribution >= 4 is 0 Å². The number of aromatic nitrogens is 1. The monoisotopic (exact) mass is 433 g/mol. The zero-order chi connectivity index (χ0) is 23.3. The van der Waals surface area contributed by atoms with Crippen LogP contribution in [0.25, 0.3) is 11.3 Å². The smallest absolute Gasteiger partial charge is 0.130 e. The highest BCUT2D eigenvalue weighted by atomic mass is 16.5. The molecule has 0 aliphatic rings. The van der Waals surface area contributed by atoms with E-state index in [0.717, 1.165) is 46.7 Å². The highest BCUT2D eigenvalue weighted by Gasteiger charge is 2.18. The third kappa shape index (κ3) is 5.31. The molecule has 1 N–H and O–H groups in total. The Morgan fingerprint density at radius 1 is 0.906 bits per heavy atom. The number of hydrogen-bond donors (Lipinski definition) is 1. The summed E-state index contributed by atoms with van der Waals surface area (Å²) in [7, 11) is 0. The van der Waals surface area contributed by atoms with Crippen molar-refractivity contribution in [3.63, 3.8) is 0 Å². The van der Waals surface area contributed by atoms with E-state index in [1.807, 2.05) is 45.9 Å². The van der Waals surface area contributed by atoms with Crippen LogP contribution in [0.3, 0.4) is 0 Å². The van der Waals surface area contributed by atoms with Crippen LogP contribution in [0.2, 0.25) is 0 Å². The van der Waals surface area contributed by atoms with Gasteiger partial charge in [0.1, 0.15) is 18.1 Å². The molecule has 2 aromatic carbocycles. The van der Waals surface area contributed by atoms with E-state index in [4.69, 9.17) is 14.5 Å². The van der Waals surface area contributed by atoms with E-state index >= 15 is 0 Å². The van der Waals surface area contributed by atoms with Gasteiger partial charge in [0.2, 0.25) is 0 Å². The molecule has 0 fully saturated rings. The minimum absolute atomic E-state index is 0.0300. The van der Waals surface area contributed by atoms with Gasteiger partial charge in [0, 0.05) is 22.9 Å². The standard InChI is InChI=1S/C28H35NO3/c1-7-21-10-9-11-22(8-2)28(21)25-15-27(32-18(3)4)24(20(6)29-25)17-31-26-14-19(5)12-13-23(26)16-30/h9-15,18,30H,7-8,16-17H2,1-6H3. The maximum Gasteiger partial charge on any atom is 0.130 e. The zero-order valence-electron chi connectivity index (χ0n) is 20.2. The lowest BCUT2D eigenvalue weighted by atomic mass is 9.94. The molecule has 1 heterocycles. The van der Waals surface area contributed by atoms with Crippen LogP contribution in [0.1, 0.15) is 61.2 Å². The van der Waals surface area contributed by atoms with E-state index in [2.05, 4.69) is 38.1 Å². The Morgan fingerprint density at radius 3 is 2.19 bits per heavy atom. The molecule has 4 heteroatoms. The molecule has 0 saturated carbocycles. The van der Waals surface area contributed by atoms with Crippen molar-refractivity contribution in [1.29, 1.82) is 0 Å². The molecule has 1 aromatic heterocycles. The topological polar surface area (TPSA) is 51.6 Å². The van der Waals surface area contributed by atoms with Crippen molar-refractivity contribution in [2.45, 2.75) is 73.7 Å². The number of nitrogens with zero attached hydrogens (tertiary/aromatic N) is 1. The highest BCUT2D eigenvalue weighted by Crippen LogP contribution is 2.34. The first-order valence-corrected chi connectivity index (χ1v) is 11.5. The van der Waals surface area contributed by atoms with Crippen LogP contribution in [-0.4, -0.2) is 16.2 Å². The molecule has 32 heavy (non-hydrogen) atoms. The molecule has 0 atom stereocenters. The van der Waals surface area contributed by atoms with Gasteiger partial charge in [-0.15, -0.1) is 0 Å². The van der Waals surface area contributed by atoms with E-state index in [0.29, 0.717) is 12.4 Å². The molecule has 0 spiro atoms. The van der Waals surface area contributed by atoms with Gasteiger partial charge in [0.25, 0.3) is 0 Å². The number of aryl methyl sites for hydroxylation is 4. The maximum atomic E-state index is 9.68. The van der Waals surface area contributed by atoms with E-state index in [-0.39, 0.29) is 12.7 Å². The third-order valence-electron chi connectivity index (χ3n) is 5.67. The number of benzene rings is 2. The molecule has 0 aliphatic carbocycles. The lowest BCUT2D eigenvalue weighted by Crippen LogP contribution is -2.12. The molecule has 3 rings (SSSR count). The molecule has 0 saturated heterocycles. The SMILES string of the molecule is CCc1cccc(CC)c1-c1cc(OC(C)C)c(COc2cc(C)ccc2CO)c(C)n1. The molecule has 3 aromatic rings. The van der Waals surface area contributed by atoms with Gasteiger partial charge in [-0.05, 0) is 63.3 Å². The van der Waals surface area contributed by atoms with Crippen LogP contribution in [0.5, 0.6) is 11.5 Å². The highest BCUT2D eigenvalue weighted by molar-refractivity contribution is 5.70. The summed E-state index contributed by atoms with van der Waals surface area (Å²) in [5.41, 5.74) is 8.43. The Hall–Kier alpha value is -2.85. The molecule has 0 aliphatic heterocycles. The minimum Gasteiger partial charge on any atom is -0.490 e. The van der Waals surface area contributed by atoms with Crippen molar-refractivity contribution < 1.29 is 14.6 Å². The van der Waals surface area contributed by atoms with Crippen molar-refractivity contribution in [3.05, 3.63) is 76.0 Å². The van der Waals surface area contributed by atoms with Crippen LogP contribution in [-0.2, 0) is 26.1 Å². The average Bonchev–Trinajstić information content (AvgIpc) is 2.77. The molecule has 170 valence electrons.